The Morgan fingerprint density at radius 2 is 1.90 bits per heavy atom. The molecule has 0 spiro atoms. The summed E-state index contributed by atoms with van der Waals surface area (Å²) in [6, 6.07) is 0. The molecule has 0 heterocycles. The Morgan fingerprint density at radius 1 is 1.20 bits per heavy atom. The molecule has 0 bridgehead atoms. The van der Waals surface area contributed by atoms with Crippen molar-refractivity contribution in [1.29, 1.82) is 0 Å². The molecule has 1 N–H and O–H groups in total. The number of aliphatic hydroxyl groups excluding tert-OH is 1. The highest BCUT2D eigenvalue weighted by atomic mass is 16.5. The van der Waals surface area contributed by atoms with E-state index in [0.29, 0.717) is 6.61 Å². The number of carbonyl (C=O) groups excluding carboxylic acids is 1. The van der Waals surface area contributed by atoms with Crippen molar-refractivity contribution < 1.29 is 14.6 Å². The molecule has 0 amide bonds. The molecule has 0 fully saturated rings. The largest absolute Gasteiger partial charge is 0.457 e. The second kappa shape index (κ2) is 8.43. The van der Waals surface area contributed by atoms with Crippen LogP contribution in [0, 0.1) is 0 Å². The fraction of sp³-hybridized carbons (Fsp3) is 0.857. The summed E-state index contributed by atoms with van der Waals surface area (Å²) in [7, 11) is 0. The highest BCUT2D eigenvalue weighted by Gasteiger charge is 1.88. The normalized spacial score (nSPS) is 9.30. The summed E-state index contributed by atoms with van der Waals surface area (Å²) in [4.78, 5) is 9.51. The van der Waals surface area contributed by atoms with Crippen LogP contribution in [0.3, 0.4) is 0 Å². The lowest BCUT2D eigenvalue weighted by Gasteiger charge is -1.96. The van der Waals surface area contributed by atoms with E-state index in [9.17, 15) is 4.79 Å². The van der Waals surface area contributed by atoms with Gasteiger partial charge in [-0.15, -0.1) is 0 Å². The van der Waals surface area contributed by atoms with E-state index in [-0.39, 0.29) is 6.61 Å². The van der Waals surface area contributed by atoms with E-state index in [1.54, 1.807) is 0 Å². The Kier molecular flexibility index (Phi) is 7.95. The van der Waals surface area contributed by atoms with E-state index in [4.69, 9.17) is 5.11 Å². The Labute approximate surface area is 61.0 Å². The molecular weight excluding hydrogens is 132 g/mol. The zero-order valence-electron chi connectivity index (χ0n) is 6.01. The summed E-state index contributed by atoms with van der Waals surface area (Å²) in [5, 5.41) is 8.38. The molecule has 1 radical (unpaired) electrons. The van der Waals surface area contributed by atoms with Gasteiger partial charge < -0.3 is 9.84 Å². The van der Waals surface area contributed by atoms with Crippen LogP contribution >= 0.6 is 0 Å². The molecule has 3 nitrogen and oxygen atoms in total. The molecule has 0 rings (SSSR count). The predicted octanol–water partition coefficient (Wildman–Crippen LogP) is 0.623. The van der Waals surface area contributed by atoms with Gasteiger partial charge in [0.15, 0.2) is 0 Å². The molecule has 0 saturated carbocycles. The first kappa shape index (κ1) is 9.43. The smallest absolute Gasteiger partial charge is 0.417 e. The van der Waals surface area contributed by atoms with Crippen LogP contribution in [0.5, 0.6) is 0 Å². The molecule has 3 heteroatoms. The lowest BCUT2D eigenvalue weighted by molar-refractivity contribution is 0.259. The maximum absolute atomic E-state index is 9.51. The zero-order valence-corrected chi connectivity index (χ0v) is 6.01. The maximum atomic E-state index is 9.51. The van der Waals surface area contributed by atoms with E-state index in [1.807, 2.05) is 0 Å². The predicted molar refractivity (Wildman–Crippen MR) is 37.2 cm³/mol. The quantitative estimate of drug-likeness (QED) is 0.534. The molecule has 0 aliphatic rings. The number of rotatable bonds is 7. The average Bonchev–Trinajstić information content (AvgIpc) is 1.97. The fourth-order valence-corrected chi connectivity index (χ4v) is 0.681. The van der Waals surface area contributed by atoms with Crippen LogP contribution in [0.4, 0.5) is 0 Å². The van der Waals surface area contributed by atoms with Gasteiger partial charge in [-0.2, -0.15) is 0 Å². The zero-order chi connectivity index (χ0) is 7.66. The van der Waals surface area contributed by atoms with Gasteiger partial charge >= 0.3 is 6.47 Å². The summed E-state index contributed by atoms with van der Waals surface area (Å²) in [5.41, 5.74) is 0. The van der Waals surface area contributed by atoms with Gasteiger partial charge in [0.25, 0.3) is 0 Å². The third kappa shape index (κ3) is 7.43. The molecular formula is C7H13O3. The maximum Gasteiger partial charge on any atom is 0.417 e. The van der Waals surface area contributed by atoms with Crippen LogP contribution in [0.2, 0.25) is 0 Å². The van der Waals surface area contributed by atoms with E-state index in [0.717, 1.165) is 25.7 Å². The summed E-state index contributed by atoms with van der Waals surface area (Å²) in [5.74, 6) is 0. The molecule has 10 heavy (non-hydrogen) atoms. The third-order valence-electron chi connectivity index (χ3n) is 1.21. The van der Waals surface area contributed by atoms with Crippen molar-refractivity contribution in [1.82, 2.24) is 0 Å². The van der Waals surface area contributed by atoms with Crippen LogP contribution in [0.15, 0.2) is 0 Å². The Hall–Kier alpha value is -0.570. The lowest BCUT2D eigenvalue weighted by atomic mass is 10.2. The van der Waals surface area contributed by atoms with Gasteiger partial charge in [-0.3, -0.25) is 0 Å². The minimum Gasteiger partial charge on any atom is -0.457 e. The molecule has 0 aliphatic heterocycles. The molecule has 0 aromatic rings. The van der Waals surface area contributed by atoms with Gasteiger partial charge in [0.05, 0.1) is 6.61 Å². The van der Waals surface area contributed by atoms with Gasteiger partial charge in [0.2, 0.25) is 0 Å². The minimum atomic E-state index is 0.251. The molecule has 0 aromatic heterocycles. The highest BCUT2D eigenvalue weighted by Crippen LogP contribution is 1.98. The number of ether oxygens (including phenoxy) is 1. The van der Waals surface area contributed by atoms with E-state index in [2.05, 4.69) is 4.74 Å². The number of hydrogen-bond donors (Lipinski definition) is 1. The van der Waals surface area contributed by atoms with Crippen molar-refractivity contribution in [3.05, 3.63) is 0 Å². The van der Waals surface area contributed by atoms with Crippen LogP contribution < -0.4 is 0 Å². The first-order chi connectivity index (χ1) is 4.91. The Bertz CT molecular complexity index is 73.3. The summed E-state index contributed by atoms with van der Waals surface area (Å²) in [6.45, 7) is 2.06. The monoisotopic (exact) mass is 145 g/mol. The van der Waals surface area contributed by atoms with Crippen molar-refractivity contribution in [3.63, 3.8) is 0 Å². The second-order valence-corrected chi connectivity index (χ2v) is 2.07. The van der Waals surface area contributed by atoms with Crippen LogP contribution in [-0.2, 0) is 9.53 Å². The van der Waals surface area contributed by atoms with Gasteiger partial charge in [0, 0.05) is 6.61 Å². The van der Waals surface area contributed by atoms with Gasteiger partial charge in [-0.25, -0.2) is 4.79 Å². The number of aliphatic hydroxyl groups is 1. The van der Waals surface area contributed by atoms with Crippen molar-refractivity contribution in [3.8, 4) is 0 Å². The van der Waals surface area contributed by atoms with Crippen molar-refractivity contribution in [2.75, 3.05) is 13.2 Å². The molecule has 0 saturated heterocycles. The number of unbranched alkanes of at least 4 members (excludes halogenated alkanes) is 3. The third-order valence-corrected chi connectivity index (χ3v) is 1.21. The minimum absolute atomic E-state index is 0.251. The first-order valence-electron chi connectivity index (χ1n) is 3.51. The summed E-state index contributed by atoms with van der Waals surface area (Å²) >= 11 is 0. The van der Waals surface area contributed by atoms with Crippen LogP contribution in [-0.4, -0.2) is 24.8 Å². The molecule has 0 unspecified atom stereocenters. The SMILES string of the molecule is O=[C]OCCCCCCO. The molecule has 0 aliphatic carbocycles. The van der Waals surface area contributed by atoms with Crippen molar-refractivity contribution in [2.45, 2.75) is 25.7 Å². The first-order valence-corrected chi connectivity index (χ1v) is 3.51. The van der Waals surface area contributed by atoms with Crippen molar-refractivity contribution in [2.24, 2.45) is 0 Å². The standard InChI is InChI=1S/C7H13O3/c8-5-3-1-2-4-6-10-7-9/h8H,1-6H2. The van der Waals surface area contributed by atoms with Gasteiger partial charge in [0.1, 0.15) is 0 Å². The van der Waals surface area contributed by atoms with Crippen molar-refractivity contribution >= 4 is 6.47 Å². The van der Waals surface area contributed by atoms with E-state index < -0.39 is 0 Å². The molecule has 0 aromatic carbocycles. The summed E-state index contributed by atoms with van der Waals surface area (Å²) in [6.07, 6.45) is 3.71. The second-order valence-electron chi connectivity index (χ2n) is 2.07. The van der Waals surface area contributed by atoms with E-state index in [1.165, 1.54) is 6.47 Å². The van der Waals surface area contributed by atoms with Gasteiger partial charge in [-0.05, 0) is 19.3 Å². The summed E-state index contributed by atoms with van der Waals surface area (Å²) < 4.78 is 4.35. The Morgan fingerprint density at radius 3 is 2.50 bits per heavy atom. The molecule has 0 atom stereocenters. The topological polar surface area (TPSA) is 46.5 Å². The lowest BCUT2D eigenvalue weighted by Crippen LogP contribution is -1.91. The van der Waals surface area contributed by atoms with E-state index >= 15 is 0 Å². The highest BCUT2D eigenvalue weighted by molar-refractivity contribution is 5.37. The average molecular weight is 145 g/mol. The van der Waals surface area contributed by atoms with Gasteiger partial charge in [-0.1, -0.05) is 6.42 Å². The van der Waals surface area contributed by atoms with Crippen LogP contribution in [0.1, 0.15) is 25.7 Å². The fourth-order valence-electron chi connectivity index (χ4n) is 0.681. The van der Waals surface area contributed by atoms with Crippen LogP contribution in [0.25, 0.3) is 0 Å². The number of hydrogen-bond acceptors (Lipinski definition) is 3. The Balaban J connectivity index is 2.70. The molecule has 59 valence electrons.